The van der Waals surface area contributed by atoms with E-state index in [0.29, 0.717) is 0 Å². The first-order valence-electron chi connectivity index (χ1n) is 3.11. The van der Waals surface area contributed by atoms with E-state index in [1.807, 2.05) is 6.92 Å². The number of terminal acetylenes is 1. The molecule has 0 spiro atoms. The molecule has 0 radical (unpaired) electrons. The van der Waals surface area contributed by atoms with E-state index in [0.717, 1.165) is 6.42 Å². The third kappa shape index (κ3) is 3.79. The van der Waals surface area contributed by atoms with Crippen LogP contribution < -0.4 is 10.4 Å². The second-order valence-corrected chi connectivity index (χ2v) is 1.94. The predicted molar refractivity (Wildman–Crippen MR) is 36.0 cm³/mol. The smallest absolute Gasteiger partial charge is 0.134 e. The third-order valence-corrected chi connectivity index (χ3v) is 1.22. The van der Waals surface area contributed by atoms with Crippen molar-refractivity contribution < 1.29 is 9.90 Å². The summed E-state index contributed by atoms with van der Waals surface area (Å²) in [6.07, 6.45) is 4.57. The Morgan fingerprint density at radius 2 is 2.50 bits per heavy atom. The molecule has 1 atom stereocenters. The zero-order valence-electron chi connectivity index (χ0n) is 5.89. The summed E-state index contributed by atoms with van der Waals surface area (Å²) >= 11 is 0. The molecular formula is C7H10NO2-. The number of amides is 1. The average molecular weight is 140 g/mol. The Kier molecular flexibility index (Phi) is 4.14. The molecule has 0 aliphatic heterocycles. The lowest BCUT2D eigenvalue weighted by molar-refractivity contribution is -0.250. The summed E-state index contributed by atoms with van der Waals surface area (Å²) in [5, 5.41) is 12.0. The van der Waals surface area contributed by atoms with Gasteiger partial charge in [0.2, 0.25) is 0 Å². The van der Waals surface area contributed by atoms with Crippen LogP contribution in [-0.4, -0.2) is 12.6 Å². The number of nitrogens with one attached hydrogen (secondary N) is 1. The number of carbonyl (C=O) groups excluding carboxylic acids is 1. The Labute approximate surface area is 60.4 Å². The van der Waals surface area contributed by atoms with Crippen molar-refractivity contribution >= 4 is 6.09 Å². The van der Waals surface area contributed by atoms with E-state index in [1.165, 1.54) is 0 Å². The van der Waals surface area contributed by atoms with Gasteiger partial charge in [0.25, 0.3) is 0 Å². The minimum atomic E-state index is -1.27. The van der Waals surface area contributed by atoms with Crippen LogP contribution in [0, 0.1) is 18.3 Å². The number of rotatable bonds is 3. The second kappa shape index (κ2) is 4.68. The highest BCUT2D eigenvalue weighted by atomic mass is 16.4. The molecule has 0 aromatic rings. The normalized spacial score (nSPS) is 11.6. The summed E-state index contributed by atoms with van der Waals surface area (Å²) in [7, 11) is 0. The van der Waals surface area contributed by atoms with Crippen LogP contribution in [0.5, 0.6) is 0 Å². The van der Waals surface area contributed by atoms with E-state index in [9.17, 15) is 9.90 Å². The zero-order chi connectivity index (χ0) is 7.98. The molecule has 0 bridgehead atoms. The third-order valence-electron chi connectivity index (χ3n) is 1.22. The molecule has 1 unspecified atom stereocenters. The maximum atomic E-state index is 9.84. The molecule has 0 aromatic heterocycles. The number of carbonyl (C=O) groups is 1. The fourth-order valence-electron chi connectivity index (χ4n) is 0.528. The van der Waals surface area contributed by atoms with Crippen LogP contribution in [0.2, 0.25) is 0 Å². The minimum Gasteiger partial charge on any atom is -0.530 e. The molecule has 0 heterocycles. The molecule has 0 saturated carbocycles. The highest BCUT2D eigenvalue weighted by Crippen LogP contribution is 1.96. The molecule has 1 N–H and O–H groups in total. The molecule has 0 aromatic carbocycles. The van der Waals surface area contributed by atoms with Crippen molar-refractivity contribution in [2.45, 2.75) is 13.3 Å². The molecule has 56 valence electrons. The van der Waals surface area contributed by atoms with Crippen molar-refractivity contribution in [2.75, 3.05) is 6.54 Å². The van der Waals surface area contributed by atoms with Gasteiger partial charge in [0.05, 0.1) is 0 Å². The number of hydrogen-bond acceptors (Lipinski definition) is 2. The van der Waals surface area contributed by atoms with Gasteiger partial charge in [-0.15, -0.1) is 12.3 Å². The van der Waals surface area contributed by atoms with Crippen LogP contribution in [0.15, 0.2) is 0 Å². The van der Waals surface area contributed by atoms with E-state index in [1.54, 1.807) is 0 Å². The van der Waals surface area contributed by atoms with Gasteiger partial charge in [0.15, 0.2) is 0 Å². The largest absolute Gasteiger partial charge is 0.530 e. The molecule has 0 aliphatic rings. The standard InChI is InChI=1S/C7H11NO2/c1-3-6(4-2)5-8-7(9)10/h1,6,8H,4-5H2,2H3,(H,9,10)/p-1. The van der Waals surface area contributed by atoms with Crippen molar-refractivity contribution in [3.63, 3.8) is 0 Å². The highest BCUT2D eigenvalue weighted by Gasteiger charge is 1.98. The molecule has 0 rings (SSSR count). The Bertz CT molecular complexity index is 148. The maximum Gasteiger partial charge on any atom is 0.134 e. The molecule has 3 heteroatoms. The van der Waals surface area contributed by atoms with Crippen molar-refractivity contribution in [3.8, 4) is 12.3 Å². The van der Waals surface area contributed by atoms with Crippen LogP contribution in [-0.2, 0) is 0 Å². The van der Waals surface area contributed by atoms with Crippen molar-refractivity contribution in [2.24, 2.45) is 5.92 Å². The van der Waals surface area contributed by atoms with Gasteiger partial charge in [0, 0.05) is 12.5 Å². The maximum absolute atomic E-state index is 9.84. The topological polar surface area (TPSA) is 52.2 Å². The van der Waals surface area contributed by atoms with Crippen molar-refractivity contribution in [3.05, 3.63) is 0 Å². The van der Waals surface area contributed by atoms with Gasteiger partial charge in [-0.3, -0.25) is 0 Å². The van der Waals surface area contributed by atoms with Gasteiger partial charge < -0.3 is 15.2 Å². The van der Waals surface area contributed by atoms with Crippen LogP contribution in [0.25, 0.3) is 0 Å². The van der Waals surface area contributed by atoms with Gasteiger partial charge in [-0.25, -0.2) is 0 Å². The molecule has 0 saturated heterocycles. The first kappa shape index (κ1) is 8.83. The van der Waals surface area contributed by atoms with Crippen molar-refractivity contribution in [1.29, 1.82) is 0 Å². The van der Waals surface area contributed by atoms with Crippen LogP contribution in [0.3, 0.4) is 0 Å². The number of carboxylic acid groups (broad SMARTS) is 1. The summed E-state index contributed by atoms with van der Waals surface area (Å²) in [6.45, 7) is 2.19. The predicted octanol–water partition coefficient (Wildman–Crippen LogP) is -0.421. The van der Waals surface area contributed by atoms with Gasteiger partial charge >= 0.3 is 0 Å². The lowest BCUT2D eigenvalue weighted by atomic mass is 10.1. The zero-order valence-corrected chi connectivity index (χ0v) is 5.89. The quantitative estimate of drug-likeness (QED) is 0.541. The van der Waals surface area contributed by atoms with E-state index in [4.69, 9.17) is 6.42 Å². The first-order valence-corrected chi connectivity index (χ1v) is 3.11. The lowest BCUT2D eigenvalue weighted by Crippen LogP contribution is -2.38. The first-order chi connectivity index (χ1) is 4.70. The average Bonchev–Trinajstić information content (AvgIpc) is 1.90. The fourth-order valence-corrected chi connectivity index (χ4v) is 0.528. The summed E-state index contributed by atoms with van der Waals surface area (Å²) in [5.41, 5.74) is 0. The molecular weight excluding hydrogens is 130 g/mol. The monoisotopic (exact) mass is 140 g/mol. The van der Waals surface area contributed by atoms with Crippen molar-refractivity contribution in [1.82, 2.24) is 5.32 Å². The molecule has 0 aliphatic carbocycles. The Hall–Kier alpha value is -1.17. The minimum absolute atomic E-state index is 0.0158. The van der Waals surface area contributed by atoms with Gasteiger partial charge in [0.1, 0.15) is 6.09 Å². The van der Waals surface area contributed by atoms with E-state index in [-0.39, 0.29) is 12.5 Å². The van der Waals surface area contributed by atoms with Crippen LogP contribution >= 0.6 is 0 Å². The van der Waals surface area contributed by atoms with Crippen LogP contribution in [0.4, 0.5) is 4.79 Å². The molecule has 0 fully saturated rings. The Balaban J connectivity index is 3.47. The highest BCUT2D eigenvalue weighted by molar-refractivity contribution is 5.61. The molecule has 1 amide bonds. The van der Waals surface area contributed by atoms with E-state index < -0.39 is 6.09 Å². The summed E-state index contributed by atoms with van der Waals surface area (Å²) in [5.74, 6) is 2.44. The second-order valence-electron chi connectivity index (χ2n) is 1.94. The van der Waals surface area contributed by atoms with E-state index >= 15 is 0 Å². The fraction of sp³-hybridized carbons (Fsp3) is 0.571. The van der Waals surface area contributed by atoms with Gasteiger partial charge in [-0.05, 0) is 6.42 Å². The molecule has 10 heavy (non-hydrogen) atoms. The van der Waals surface area contributed by atoms with E-state index in [2.05, 4.69) is 11.2 Å². The molecule has 3 nitrogen and oxygen atoms in total. The summed E-state index contributed by atoms with van der Waals surface area (Å²) in [6, 6.07) is 0. The SMILES string of the molecule is C#CC(CC)CNC(=O)[O-]. The summed E-state index contributed by atoms with van der Waals surface area (Å²) < 4.78 is 0. The van der Waals surface area contributed by atoms with Crippen LogP contribution in [0.1, 0.15) is 13.3 Å². The Morgan fingerprint density at radius 1 is 1.90 bits per heavy atom. The lowest BCUT2D eigenvalue weighted by Gasteiger charge is -2.09. The van der Waals surface area contributed by atoms with Gasteiger partial charge in [-0.2, -0.15) is 0 Å². The summed E-state index contributed by atoms with van der Waals surface area (Å²) in [4.78, 5) is 9.84. The van der Waals surface area contributed by atoms with Gasteiger partial charge in [-0.1, -0.05) is 6.92 Å². The number of hydrogen-bond donors (Lipinski definition) is 1. The Morgan fingerprint density at radius 3 is 2.80 bits per heavy atom.